The summed E-state index contributed by atoms with van der Waals surface area (Å²) in [7, 11) is 0. The summed E-state index contributed by atoms with van der Waals surface area (Å²) in [6, 6.07) is 0. The van der Waals surface area contributed by atoms with Gasteiger partial charge < -0.3 is 28.7 Å². The minimum atomic E-state index is 0. The van der Waals surface area contributed by atoms with Gasteiger partial charge in [0.1, 0.15) is 0 Å². The molecule has 0 radical (unpaired) electrons. The third kappa shape index (κ3) is 364. The summed E-state index contributed by atoms with van der Waals surface area (Å²) in [5.74, 6) is 0. The van der Waals surface area contributed by atoms with Crippen molar-refractivity contribution in [1.82, 2.24) is 0 Å². The molecule has 0 fully saturated rings. The zero-order valence-corrected chi connectivity index (χ0v) is 9.09. The first-order valence-electron chi connectivity index (χ1n) is 1.41. The fraction of sp³-hybridized carbons (Fsp3) is 0.333. The van der Waals surface area contributed by atoms with Gasteiger partial charge in [-0.2, -0.15) is 13.8 Å². The predicted octanol–water partition coefficient (Wildman–Crippen LogP) is 2.58. The van der Waals surface area contributed by atoms with Crippen LogP contribution in [0.5, 0.6) is 0 Å². The summed E-state index contributed by atoms with van der Waals surface area (Å²) in [6.07, 6.45) is 0. The van der Waals surface area contributed by atoms with Gasteiger partial charge in [0, 0.05) is 19.5 Å². The Kier molecular flexibility index (Phi) is 3740. The summed E-state index contributed by atoms with van der Waals surface area (Å²) >= 11 is 0. The van der Waals surface area contributed by atoms with E-state index in [0.717, 1.165) is 0 Å². The van der Waals surface area contributed by atoms with Crippen molar-refractivity contribution in [3.63, 3.8) is 0 Å². The van der Waals surface area contributed by atoms with Crippen molar-refractivity contribution >= 4 is 0 Å². The molecule has 0 aromatic heterocycles. The molecule has 0 unspecified atom stereocenters. The van der Waals surface area contributed by atoms with Crippen LogP contribution < -0.4 is 0 Å². The topological polar surface area (TPSA) is 0 Å². The maximum absolute atomic E-state index is 3.25. The molecule has 0 bridgehead atoms. The molecule has 0 aromatic rings. The van der Waals surface area contributed by atoms with Crippen LogP contribution in [0.1, 0.15) is 13.8 Å². The molecule has 0 spiro atoms. The van der Waals surface area contributed by atoms with Crippen molar-refractivity contribution in [3.05, 3.63) is 28.7 Å². The first kappa shape index (κ1) is 48.6. The van der Waals surface area contributed by atoms with Crippen LogP contribution in [0.2, 0.25) is 0 Å². The van der Waals surface area contributed by atoms with Gasteiger partial charge in [0.2, 0.25) is 0 Å². The first-order valence-corrected chi connectivity index (χ1v) is 1.41. The molecule has 0 heterocycles. The Bertz CT molecular complexity index is 4.14. The van der Waals surface area contributed by atoms with Crippen molar-refractivity contribution in [2.75, 3.05) is 0 Å². The third-order valence-corrected chi connectivity index (χ3v) is 0. The Balaban J connectivity index is -0.00000000267. The number of hydrogen-bond donors (Lipinski definition) is 0. The van der Waals surface area contributed by atoms with Gasteiger partial charge in [-0.1, -0.05) is 0 Å². The molecule has 0 N–H and O–H groups in total. The van der Waals surface area contributed by atoms with E-state index < -0.39 is 0 Å². The van der Waals surface area contributed by atoms with Gasteiger partial charge in [-0.15, -0.1) is 0 Å². The maximum Gasteiger partial charge on any atom is 0 e. The van der Waals surface area contributed by atoms with E-state index >= 15 is 0 Å². The van der Waals surface area contributed by atoms with E-state index in [4.69, 9.17) is 0 Å². The van der Waals surface area contributed by atoms with Crippen molar-refractivity contribution in [2.24, 2.45) is 0 Å². The summed E-state index contributed by atoms with van der Waals surface area (Å²) in [5.41, 5.74) is 0. The van der Waals surface area contributed by atoms with Gasteiger partial charge in [-0.25, -0.2) is 0 Å². The molecular weight excluding hydrogens is 137 g/mol. The normalized spacial score (nSPS) is 1.71. The quantitative estimate of drug-likeness (QED) is 0.371. The fourth-order valence-corrected chi connectivity index (χ4v) is 0. The fourth-order valence-electron chi connectivity index (χ4n) is 0. The molecular formula is C6H16Zn-4. The second-order valence-electron chi connectivity index (χ2n) is 0. The Hall–Kier alpha value is 0.623. The average Bonchev–Trinajstić information content (AvgIpc) is 1.50. The van der Waals surface area contributed by atoms with Crippen molar-refractivity contribution < 1.29 is 19.5 Å². The van der Waals surface area contributed by atoms with E-state index in [1.807, 2.05) is 0 Å². The van der Waals surface area contributed by atoms with Crippen LogP contribution in [0.15, 0.2) is 0 Å². The van der Waals surface area contributed by atoms with E-state index in [-0.39, 0.29) is 34.3 Å². The molecule has 7 heavy (non-hydrogen) atoms. The van der Waals surface area contributed by atoms with Gasteiger partial charge >= 0.3 is 0 Å². The summed E-state index contributed by atoms with van der Waals surface area (Å²) in [5, 5.41) is 0. The molecule has 0 rings (SSSR count). The molecule has 0 saturated heterocycles. The largest absolute Gasteiger partial charge is 0.358 e. The van der Waals surface area contributed by atoms with Crippen LogP contribution in [0, 0.1) is 28.7 Å². The Morgan fingerprint density at radius 3 is 0.714 bits per heavy atom. The van der Waals surface area contributed by atoms with Crippen LogP contribution in [0.25, 0.3) is 0 Å². The van der Waals surface area contributed by atoms with Crippen LogP contribution in [0.3, 0.4) is 0 Å². The third-order valence-electron chi connectivity index (χ3n) is 0. The van der Waals surface area contributed by atoms with Gasteiger partial charge in [-0.05, 0) is 0 Å². The first-order chi connectivity index (χ1) is 2.00. The molecule has 0 amide bonds. The maximum atomic E-state index is 3.25. The minimum absolute atomic E-state index is 0. The van der Waals surface area contributed by atoms with E-state index in [0.29, 0.717) is 0 Å². The van der Waals surface area contributed by atoms with Gasteiger partial charge in [-0.3, -0.25) is 0 Å². The van der Waals surface area contributed by atoms with E-state index in [1.165, 1.54) is 0 Å². The zero-order valence-electron chi connectivity index (χ0n) is 6.12. The van der Waals surface area contributed by atoms with Crippen LogP contribution >= 0.6 is 0 Å². The monoisotopic (exact) mass is 152 g/mol. The average molecular weight is 154 g/mol. The minimum Gasteiger partial charge on any atom is -0.358 e. The SMILES string of the molecule is [CH2-]C.[CH2-]C.[CH3-].[CH3-].[Zn]. The Morgan fingerprint density at radius 2 is 0.714 bits per heavy atom. The summed E-state index contributed by atoms with van der Waals surface area (Å²) in [6.45, 7) is 10.0. The molecule has 0 aliphatic carbocycles. The van der Waals surface area contributed by atoms with Gasteiger partial charge in [0.05, 0.1) is 0 Å². The molecule has 46 valence electrons. The summed E-state index contributed by atoms with van der Waals surface area (Å²) < 4.78 is 0. The Morgan fingerprint density at radius 1 is 0.714 bits per heavy atom. The molecule has 0 aliphatic rings. The van der Waals surface area contributed by atoms with E-state index in [2.05, 4.69) is 13.8 Å². The molecule has 0 nitrogen and oxygen atoms in total. The Labute approximate surface area is 62.5 Å². The van der Waals surface area contributed by atoms with Crippen LogP contribution in [-0.4, -0.2) is 0 Å². The predicted molar refractivity (Wildman–Crippen MR) is 34.9 cm³/mol. The van der Waals surface area contributed by atoms with Crippen LogP contribution in [0.4, 0.5) is 0 Å². The second kappa shape index (κ2) is 539. The molecule has 0 saturated carbocycles. The molecule has 1 heteroatoms. The van der Waals surface area contributed by atoms with Crippen molar-refractivity contribution in [2.45, 2.75) is 13.8 Å². The zero-order chi connectivity index (χ0) is 4.00. The molecule has 0 atom stereocenters. The summed E-state index contributed by atoms with van der Waals surface area (Å²) in [4.78, 5) is 0. The van der Waals surface area contributed by atoms with Crippen molar-refractivity contribution in [3.8, 4) is 0 Å². The standard InChI is InChI=1S/2C2H5.2CH3.Zn/c2*1-2;;;/h2*1H2,2H3;2*1H3;/q4*-1;. The van der Waals surface area contributed by atoms with Gasteiger partial charge in [0.25, 0.3) is 0 Å². The number of hydrogen-bond acceptors (Lipinski definition) is 0. The van der Waals surface area contributed by atoms with Crippen LogP contribution in [-0.2, 0) is 19.5 Å². The van der Waals surface area contributed by atoms with Crippen molar-refractivity contribution in [1.29, 1.82) is 0 Å². The second-order valence-corrected chi connectivity index (χ2v) is 0. The number of rotatable bonds is 0. The molecule has 0 aromatic carbocycles. The van der Waals surface area contributed by atoms with E-state index in [1.54, 1.807) is 13.8 Å². The van der Waals surface area contributed by atoms with Gasteiger partial charge in [0.15, 0.2) is 0 Å². The smallest absolute Gasteiger partial charge is 0 e. The van der Waals surface area contributed by atoms with E-state index in [9.17, 15) is 0 Å². The molecule has 0 aliphatic heterocycles.